The Morgan fingerprint density at radius 1 is 1.07 bits per heavy atom. The molecule has 1 heterocycles. The molecule has 1 N–H and O–H groups in total. The number of nitrogens with zero attached hydrogens (tertiary/aromatic N) is 2. The van der Waals surface area contributed by atoms with Crippen molar-refractivity contribution in [3.63, 3.8) is 0 Å². The van der Waals surface area contributed by atoms with Crippen LogP contribution >= 0.6 is 22.6 Å². The van der Waals surface area contributed by atoms with Gasteiger partial charge in [-0.05, 0) is 60.0 Å². The first-order chi connectivity index (χ1) is 12.8. The Morgan fingerprint density at radius 2 is 1.74 bits per heavy atom. The van der Waals surface area contributed by atoms with E-state index in [0.717, 1.165) is 28.8 Å². The Kier molecular flexibility index (Phi) is 5.95. The van der Waals surface area contributed by atoms with E-state index in [1.807, 2.05) is 34.5 Å². The van der Waals surface area contributed by atoms with Gasteiger partial charge in [-0.2, -0.15) is 13.2 Å². The Bertz CT molecular complexity index is 833. The highest BCUT2D eigenvalue weighted by Crippen LogP contribution is 2.36. The topological polar surface area (TPSA) is 35.6 Å². The van der Waals surface area contributed by atoms with E-state index in [-0.39, 0.29) is 5.69 Å². The number of hydrogen-bond acceptors (Lipinski definition) is 3. The molecule has 0 atom stereocenters. The Balaban J connectivity index is 1.95. The summed E-state index contributed by atoms with van der Waals surface area (Å²) >= 11 is 2.04. The Labute approximate surface area is 169 Å². The lowest BCUT2D eigenvalue weighted by Crippen LogP contribution is -2.44. The van der Waals surface area contributed by atoms with Gasteiger partial charge < -0.3 is 15.1 Å². The van der Waals surface area contributed by atoms with Gasteiger partial charge in [0, 0.05) is 29.7 Å². The number of rotatable bonds is 3. The van der Waals surface area contributed by atoms with Gasteiger partial charge in [0.1, 0.15) is 0 Å². The highest BCUT2D eigenvalue weighted by atomic mass is 127. The summed E-state index contributed by atoms with van der Waals surface area (Å²) in [6, 6.07) is 10.5. The van der Waals surface area contributed by atoms with Gasteiger partial charge in [-0.3, -0.25) is 4.79 Å². The average molecular weight is 489 g/mol. The SMILES string of the molecule is CN1CCN(c2ccc(C(F)(F)F)cc2NC(=O)c2ccccc2I)CC1. The summed E-state index contributed by atoms with van der Waals surface area (Å²) in [5, 5.41) is 2.69. The number of amides is 1. The van der Waals surface area contributed by atoms with Crippen LogP contribution in [0, 0.1) is 3.57 Å². The van der Waals surface area contributed by atoms with Gasteiger partial charge in [0.25, 0.3) is 5.91 Å². The second-order valence-corrected chi connectivity index (χ2v) is 7.62. The first kappa shape index (κ1) is 19.9. The summed E-state index contributed by atoms with van der Waals surface area (Å²) in [6.07, 6.45) is -4.47. The molecule has 0 saturated carbocycles. The van der Waals surface area contributed by atoms with Crippen molar-refractivity contribution in [2.75, 3.05) is 43.4 Å². The number of anilines is 2. The second kappa shape index (κ2) is 8.05. The molecule has 2 aromatic carbocycles. The maximum atomic E-state index is 13.2. The van der Waals surface area contributed by atoms with E-state index >= 15 is 0 Å². The fourth-order valence-electron chi connectivity index (χ4n) is 2.97. The van der Waals surface area contributed by atoms with Crippen LogP contribution in [0.5, 0.6) is 0 Å². The summed E-state index contributed by atoms with van der Waals surface area (Å²) in [6.45, 7) is 3.00. The standard InChI is InChI=1S/C19H19F3IN3O/c1-25-8-10-26(11-9-25)17-7-6-13(19(20,21)22)12-16(17)24-18(27)14-4-2-3-5-15(14)23/h2-7,12H,8-11H2,1H3,(H,24,27). The van der Waals surface area contributed by atoms with Crippen molar-refractivity contribution in [3.8, 4) is 0 Å². The van der Waals surface area contributed by atoms with Gasteiger partial charge in [0.15, 0.2) is 0 Å². The van der Waals surface area contributed by atoms with Crippen molar-refractivity contribution in [1.29, 1.82) is 0 Å². The Hall–Kier alpha value is -1.81. The quantitative estimate of drug-likeness (QED) is 0.653. The highest BCUT2D eigenvalue weighted by Gasteiger charge is 2.32. The first-order valence-corrected chi connectivity index (χ1v) is 9.54. The number of piperazine rings is 1. The fraction of sp³-hybridized carbons (Fsp3) is 0.316. The lowest BCUT2D eigenvalue weighted by Gasteiger charge is -2.35. The zero-order chi connectivity index (χ0) is 19.6. The Morgan fingerprint density at radius 3 is 2.37 bits per heavy atom. The van der Waals surface area contributed by atoms with E-state index < -0.39 is 17.6 Å². The molecule has 2 aromatic rings. The van der Waals surface area contributed by atoms with Gasteiger partial charge in [-0.25, -0.2) is 0 Å². The third-order valence-electron chi connectivity index (χ3n) is 4.53. The molecule has 0 aromatic heterocycles. The fourth-order valence-corrected chi connectivity index (χ4v) is 3.60. The molecular weight excluding hydrogens is 470 g/mol. The van der Waals surface area contributed by atoms with Gasteiger partial charge in [0.2, 0.25) is 0 Å². The molecule has 0 aliphatic carbocycles. The maximum Gasteiger partial charge on any atom is 0.416 e. The largest absolute Gasteiger partial charge is 0.416 e. The molecule has 0 unspecified atom stereocenters. The summed E-state index contributed by atoms with van der Waals surface area (Å²) in [5.74, 6) is -0.422. The molecule has 1 aliphatic heterocycles. The number of likely N-dealkylation sites (N-methyl/N-ethyl adjacent to an activating group) is 1. The number of carbonyl (C=O) groups excluding carboxylic acids is 1. The third-order valence-corrected chi connectivity index (χ3v) is 5.48. The van der Waals surface area contributed by atoms with Gasteiger partial charge >= 0.3 is 6.18 Å². The van der Waals surface area contributed by atoms with Crippen molar-refractivity contribution in [2.45, 2.75) is 6.18 Å². The minimum absolute atomic E-state index is 0.180. The molecule has 1 amide bonds. The molecule has 27 heavy (non-hydrogen) atoms. The molecule has 144 valence electrons. The minimum Gasteiger partial charge on any atom is -0.367 e. The van der Waals surface area contributed by atoms with E-state index in [1.54, 1.807) is 24.3 Å². The van der Waals surface area contributed by atoms with Crippen LogP contribution in [0.15, 0.2) is 42.5 Å². The number of nitrogens with one attached hydrogen (secondary N) is 1. The third kappa shape index (κ3) is 4.73. The summed E-state index contributed by atoms with van der Waals surface area (Å²) in [4.78, 5) is 16.8. The van der Waals surface area contributed by atoms with E-state index in [0.29, 0.717) is 24.3 Å². The van der Waals surface area contributed by atoms with Crippen LogP contribution in [0.25, 0.3) is 0 Å². The minimum atomic E-state index is -4.47. The maximum absolute atomic E-state index is 13.2. The summed E-state index contributed by atoms with van der Waals surface area (Å²) in [5.41, 5.74) is 0.438. The van der Waals surface area contributed by atoms with Crippen LogP contribution in [-0.2, 0) is 6.18 Å². The highest BCUT2D eigenvalue weighted by molar-refractivity contribution is 14.1. The van der Waals surface area contributed by atoms with Crippen molar-refractivity contribution in [1.82, 2.24) is 4.90 Å². The monoisotopic (exact) mass is 489 g/mol. The summed E-state index contributed by atoms with van der Waals surface area (Å²) < 4.78 is 40.3. The molecular formula is C19H19F3IN3O. The van der Waals surface area contributed by atoms with E-state index in [9.17, 15) is 18.0 Å². The first-order valence-electron chi connectivity index (χ1n) is 8.46. The van der Waals surface area contributed by atoms with Crippen LogP contribution in [0.4, 0.5) is 24.5 Å². The van der Waals surface area contributed by atoms with Crippen molar-refractivity contribution in [3.05, 3.63) is 57.2 Å². The van der Waals surface area contributed by atoms with Crippen molar-refractivity contribution >= 4 is 39.9 Å². The number of benzene rings is 2. The molecule has 0 radical (unpaired) electrons. The molecule has 1 saturated heterocycles. The second-order valence-electron chi connectivity index (χ2n) is 6.45. The zero-order valence-electron chi connectivity index (χ0n) is 14.7. The lowest BCUT2D eigenvalue weighted by molar-refractivity contribution is -0.137. The summed E-state index contributed by atoms with van der Waals surface area (Å²) in [7, 11) is 2.00. The lowest BCUT2D eigenvalue weighted by atomic mass is 10.1. The molecule has 8 heteroatoms. The van der Waals surface area contributed by atoms with Gasteiger partial charge in [-0.15, -0.1) is 0 Å². The molecule has 3 rings (SSSR count). The van der Waals surface area contributed by atoms with Gasteiger partial charge in [0.05, 0.1) is 22.5 Å². The normalized spacial score (nSPS) is 15.7. The van der Waals surface area contributed by atoms with Gasteiger partial charge in [-0.1, -0.05) is 12.1 Å². The van der Waals surface area contributed by atoms with Crippen LogP contribution in [0.3, 0.4) is 0 Å². The van der Waals surface area contributed by atoms with Crippen LogP contribution in [-0.4, -0.2) is 44.0 Å². The van der Waals surface area contributed by atoms with Crippen LogP contribution in [0.1, 0.15) is 15.9 Å². The molecule has 0 bridgehead atoms. The van der Waals surface area contributed by atoms with Crippen molar-refractivity contribution in [2.24, 2.45) is 0 Å². The molecule has 1 aliphatic rings. The number of hydrogen-bond donors (Lipinski definition) is 1. The van der Waals surface area contributed by atoms with Crippen LogP contribution < -0.4 is 10.2 Å². The number of halogens is 4. The molecule has 1 fully saturated rings. The van der Waals surface area contributed by atoms with E-state index in [4.69, 9.17) is 0 Å². The predicted molar refractivity (Wildman–Crippen MR) is 108 cm³/mol. The predicted octanol–water partition coefficient (Wildman–Crippen LogP) is 4.31. The number of carbonyl (C=O) groups is 1. The smallest absolute Gasteiger partial charge is 0.367 e. The molecule has 0 spiro atoms. The van der Waals surface area contributed by atoms with E-state index in [2.05, 4.69) is 10.2 Å². The van der Waals surface area contributed by atoms with Crippen molar-refractivity contribution < 1.29 is 18.0 Å². The zero-order valence-corrected chi connectivity index (χ0v) is 16.8. The van der Waals surface area contributed by atoms with E-state index in [1.165, 1.54) is 6.07 Å². The van der Waals surface area contributed by atoms with Crippen LogP contribution in [0.2, 0.25) is 0 Å². The average Bonchev–Trinajstić information content (AvgIpc) is 2.62. The number of alkyl halides is 3. The molecule has 4 nitrogen and oxygen atoms in total.